The number of rotatable bonds is 2. The minimum absolute atomic E-state index is 0.0883. The minimum atomic E-state index is -0.561. The average molecular weight is 274 g/mol. The maximum absolute atomic E-state index is 13.0. The second-order valence-electron chi connectivity index (χ2n) is 4.04. The molecule has 0 saturated carbocycles. The summed E-state index contributed by atoms with van der Waals surface area (Å²) in [6, 6.07) is 3.47. The fraction of sp³-hybridized carbons (Fsp3) is 0.417. The second-order valence-corrected chi connectivity index (χ2v) is 4.45. The van der Waals surface area contributed by atoms with Gasteiger partial charge in [0.25, 0.3) is 5.91 Å². The van der Waals surface area contributed by atoms with E-state index >= 15 is 0 Å². The highest BCUT2D eigenvalue weighted by molar-refractivity contribution is 6.31. The molecule has 1 aliphatic heterocycles. The van der Waals surface area contributed by atoms with Crippen LogP contribution in [-0.4, -0.2) is 48.3 Å². The molecule has 2 rings (SSSR count). The minimum Gasteiger partial charge on any atom is -0.394 e. The zero-order chi connectivity index (χ0) is 13.1. The van der Waals surface area contributed by atoms with Crippen LogP contribution in [0.5, 0.6) is 0 Å². The van der Waals surface area contributed by atoms with Crippen molar-refractivity contribution in [1.29, 1.82) is 0 Å². The molecule has 0 aromatic heterocycles. The first kappa shape index (κ1) is 13.3. The third kappa shape index (κ3) is 2.63. The van der Waals surface area contributed by atoms with Crippen molar-refractivity contribution in [1.82, 2.24) is 4.90 Å². The van der Waals surface area contributed by atoms with E-state index in [9.17, 15) is 14.3 Å². The van der Waals surface area contributed by atoms with E-state index in [0.717, 1.165) is 6.07 Å². The maximum Gasteiger partial charge on any atom is 0.254 e. The van der Waals surface area contributed by atoms with Crippen molar-refractivity contribution in [2.24, 2.45) is 0 Å². The number of hydrogen-bond acceptors (Lipinski definition) is 3. The van der Waals surface area contributed by atoms with Crippen molar-refractivity contribution >= 4 is 17.5 Å². The quantitative estimate of drug-likeness (QED) is 0.884. The molecule has 1 unspecified atom stereocenters. The molecule has 1 amide bonds. The van der Waals surface area contributed by atoms with Crippen molar-refractivity contribution in [2.75, 3.05) is 26.4 Å². The number of morpholine rings is 1. The highest BCUT2D eigenvalue weighted by atomic mass is 35.5. The SMILES string of the molecule is O=C(c1ccc(F)c(Cl)c1)N1CCOCC1CO. The number of ether oxygens (including phenoxy) is 1. The Kier molecular flexibility index (Phi) is 4.16. The normalized spacial score (nSPS) is 19.9. The van der Waals surface area contributed by atoms with Crippen LogP contribution in [0.25, 0.3) is 0 Å². The molecular weight excluding hydrogens is 261 g/mol. The molecule has 18 heavy (non-hydrogen) atoms. The number of benzene rings is 1. The standard InChI is InChI=1S/C12H13ClFNO3/c13-10-5-8(1-2-11(10)14)12(17)15-3-4-18-7-9(15)6-16/h1-2,5,9,16H,3-4,6-7H2. The molecule has 1 aromatic rings. The largest absolute Gasteiger partial charge is 0.394 e. The summed E-state index contributed by atoms with van der Waals surface area (Å²) in [6.07, 6.45) is 0. The lowest BCUT2D eigenvalue weighted by Gasteiger charge is -2.34. The zero-order valence-electron chi connectivity index (χ0n) is 9.60. The van der Waals surface area contributed by atoms with Crippen LogP contribution in [0.15, 0.2) is 18.2 Å². The molecule has 98 valence electrons. The molecule has 1 aliphatic rings. The topological polar surface area (TPSA) is 49.8 Å². The van der Waals surface area contributed by atoms with E-state index in [4.69, 9.17) is 16.3 Å². The lowest BCUT2D eigenvalue weighted by atomic mass is 10.1. The number of aliphatic hydroxyl groups is 1. The number of aliphatic hydroxyl groups excluding tert-OH is 1. The Morgan fingerprint density at radius 1 is 1.61 bits per heavy atom. The Hall–Kier alpha value is -1.17. The molecule has 0 spiro atoms. The van der Waals surface area contributed by atoms with Gasteiger partial charge in [-0.05, 0) is 18.2 Å². The molecule has 0 aliphatic carbocycles. The monoisotopic (exact) mass is 273 g/mol. The van der Waals surface area contributed by atoms with E-state index in [2.05, 4.69) is 0 Å². The van der Waals surface area contributed by atoms with Crippen molar-refractivity contribution in [3.8, 4) is 0 Å². The molecule has 1 saturated heterocycles. The fourth-order valence-corrected chi connectivity index (χ4v) is 2.05. The summed E-state index contributed by atoms with van der Waals surface area (Å²) < 4.78 is 18.2. The van der Waals surface area contributed by atoms with Gasteiger partial charge in [0.2, 0.25) is 0 Å². The highest BCUT2D eigenvalue weighted by Gasteiger charge is 2.27. The number of carbonyl (C=O) groups is 1. The smallest absolute Gasteiger partial charge is 0.254 e. The molecule has 1 heterocycles. The van der Waals surface area contributed by atoms with Gasteiger partial charge in [0.1, 0.15) is 5.82 Å². The lowest BCUT2D eigenvalue weighted by Crippen LogP contribution is -2.50. The second kappa shape index (κ2) is 5.65. The third-order valence-corrected chi connectivity index (χ3v) is 3.16. The molecule has 0 radical (unpaired) electrons. The summed E-state index contributed by atoms with van der Waals surface area (Å²) in [5.41, 5.74) is 0.307. The molecule has 1 fully saturated rings. The van der Waals surface area contributed by atoms with Gasteiger partial charge in [-0.2, -0.15) is 0 Å². The summed E-state index contributed by atoms with van der Waals surface area (Å²) in [6.45, 7) is 0.966. The van der Waals surface area contributed by atoms with Gasteiger partial charge >= 0.3 is 0 Å². The Morgan fingerprint density at radius 2 is 2.39 bits per heavy atom. The summed E-state index contributed by atoms with van der Waals surface area (Å²) >= 11 is 5.65. The zero-order valence-corrected chi connectivity index (χ0v) is 10.4. The number of halogens is 2. The predicted octanol–water partition coefficient (Wildman–Crippen LogP) is 1.31. The molecule has 1 atom stereocenters. The summed E-state index contributed by atoms with van der Waals surface area (Å²) in [7, 11) is 0. The van der Waals surface area contributed by atoms with Crippen LogP contribution >= 0.6 is 11.6 Å². The lowest BCUT2D eigenvalue weighted by molar-refractivity contribution is -0.0183. The van der Waals surface area contributed by atoms with Gasteiger partial charge < -0.3 is 14.7 Å². The van der Waals surface area contributed by atoms with Gasteiger partial charge in [-0.15, -0.1) is 0 Å². The van der Waals surface area contributed by atoms with E-state index < -0.39 is 5.82 Å². The fourth-order valence-electron chi connectivity index (χ4n) is 1.87. The summed E-state index contributed by atoms with van der Waals surface area (Å²) in [4.78, 5) is 13.7. The van der Waals surface area contributed by atoms with Crippen LogP contribution in [-0.2, 0) is 4.74 Å². The van der Waals surface area contributed by atoms with Crippen LogP contribution in [0.3, 0.4) is 0 Å². The van der Waals surface area contributed by atoms with Crippen LogP contribution in [0, 0.1) is 5.82 Å². The Bertz CT molecular complexity index is 455. The number of amides is 1. The van der Waals surface area contributed by atoms with E-state index in [0.29, 0.717) is 25.3 Å². The molecule has 0 bridgehead atoms. The van der Waals surface area contributed by atoms with Gasteiger partial charge in [-0.1, -0.05) is 11.6 Å². The first-order valence-electron chi connectivity index (χ1n) is 5.58. The van der Waals surface area contributed by atoms with Crippen molar-refractivity contribution < 1.29 is 19.0 Å². The number of hydrogen-bond donors (Lipinski definition) is 1. The van der Waals surface area contributed by atoms with Gasteiger partial charge in [-0.25, -0.2) is 4.39 Å². The maximum atomic E-state index is 13.0. The summed E-state index contributed by atoms with van der Waals surface area (Å²) in [5.74, 6) is -0.840. The first-order chi connectivity index (χ1) is 8.63. The van der Waals surface area contributed by atoms with Gasteiger partial charge in [0, 0.05) is 12.1 Å². The Balaban J connectivity index is 2.21. The van der Waals surface area contributed by atoms with E-state index in [1.165, 1.54) is 17.0 Å². The Labute approximate surface area is 109 Å². The van der Waals surface area contributed by atoms with Crippen LogP contribution in [0.2, 0.25) is 5.02 Å². The van der Waals surface area contributed by atoms with Crippen LogP contribution in [0.4, 0.5) is 4.39 Å². The third-order valence-electron chi connectivity index (χ3n) is 2.87. The van der Waals surface area contributed by atoms with Crippen molar-refractivity contribution in [3.05, 3.63) is 34.6 Å². The van der Waals surface area contributed by atoms with E-state index in [1.807, 2.05) is 0 Å². The summed E-state index contributed by atoms with van der Waals surface area (Å²) in [5, 5.41) is 9.11. The average Bonchev–Trinajstić information content (AvgIpc) is 2.41. The first-order valence-corrected chi connectivity index (χ1v) is 5.96. The highest BCUT2D eigenvalue weighted by Crippen LogP contribution is 2.19. The molecule has 4 nitrogen and oxygen atoms in total. The van der Waals surface area contributed by atoms with Crippen molar-refractivity contribution in [2.45, 2.75) is 6.04 Å². The van der Waals surface area contributed by atoms with Gasteiger partial charge in [0.15, 0.2) is 0 Å². The van der Waals surface area contributed by atoms with E-state index in [-0.39, 0.29) is 23.6 Å². The number of nitrogens with zero attached hydrogens (tertiary/aromatic N) is 1. The number of carbonyl (C=O) groups excluding carboxylic acids is 1. The van der Waals surface area contributed by atoms with E-state index in [1.54, 1.807) is 0 Å². The van der Waals surface area contributed by atoms with Gasteiger partial charge in [0.05, 0.1) is 30.9 Å². The molecule has 1 aromatic carbocycles. The Morgan fingerprint density at radius 3 is 3.06 bits per heavy atom. The predicted molar refractivity (Wildman–Crippen MR) is 64.1 cm³/mol. The molecular formula is C12H13ClFNO3. The van der Waals surface area contributed by atoms with Gasteiger partial charge in [-0.3, -0.25) is 4.79 Å². The van der Waals surface area contributed by atoms with Crippen molar-refractivity contribution in [3.63, 3.8) is 0 Å². The van der Waals surface area contributed by atoms with Crippen LogP contribution in [0.1, 0.15) is 10.4 Å². The molecule has 6 heteroatoms. The molecule has 1 N–H and O–H groups in total. The van der Waals surface area contributed by atoms with Crippen LogP contribution < -0.4 is 0 Å².